The van der Waals surface area contributed by atoms with Crippen molar-refractivity contribution in [2.24, 2.45) is 0 Å². The highest BCUT2D eigenvalue weighted by Crippen LogP contribution is 2.54. The van der Waals surface area contributed by atoms with Crippen LogP contribution in [-0.4, -0.2) is 11.8 Å². The molecule has 10 rings (SSSR count). The summed E-state index contributed by atoms with van der Waals surface area (Å²) in [5.41, 5.74) is 18.1. The fourth-order valence-corrected chi connectivity index (χ4v) is 8.78. The summed E-state index contributed by atoms with van der Waals surface area (Å²) in [6.07, 6.45) is 0. The van der Waals surface area contributed by atoms with E-state index in [0.717, 1.165) is 13.0 Å². The molecule has 0 bridgehead atoms. The molecule has 1 aromatic heterocycles. The summed E-state index contributed by atoms with van der Waals surface area (Å²) in [5.74, 6) is 0. The molecule has 0 spiro atoms. The Morgan fingerprint density at radius 2 is 1.34 bits per heavy atom. The number of rotatable bonds is 3. The Morgan fingerprint density at radius 1 is 0.617 bits per heavy atom. The molecule has 7 aromatic carbocycles. The Morgan fingerprint density at radius 3 is 2.23 bits per heavy atom. The third kappa shape index (κ3) is 3.57. The van der Waals surface area contributed by atoms with Crippen LogP contribution in [0.15, 0.2) is 133 Å². The average Bonchev–Trinajstić information content (AvgIpc) is 3.56. The number of hydrogen-bond acceptors (Lipinski definition) is 1. The van der Waals surface area contributed by atoms with E-state index in [9.17, 15) is 0 Å². The summed E-state index contributed by atoms with van der Waals surface area (Å²) >= 11 is 0. The molecule has 0 atom stereocenters. The normalized spacial score (nSPS) is 13.8. The molecule has 1 aliphatic heterocycles. The third-order valence-corrected chi connectivity index (χ3v) is 10.9. The maximum atomic E-state index is 4.04. The molecule has 222 valence electrons. The maximum Gasteiger partial charge on any atom is 0.198 e. The maximum absolute atomic E-state index is 4.04. The minimum atomic E-state index is -0.167. The summed E-state index contributed by atoms with van der Waals surface area (Å²) in [4.78, 5) is 0. The highest BCUT2D eigenvalue weighted by atomic mass is 15.0. The van der Waals surface area contributed by atoms with Gasteiger partial charge in [0, 0.05) is 44.0 Å². The van der Waals surface area contributed by atoms with Gasteiger partial charge in [-0.05, 0) is 69.4 Å². The number of nitrogens with one attached hydrogen (secondary N) is 1. The standard InChI is InChI=1S/C44H33BN2/c1-26-13-4-10-21-37(26)46-41-32(24-23-31-29-16-7-9-19-35(29)44(2,3)39(31)41)34-25-27-14-5-6-15-28(27)43-40(34)45-36-20-12-18-33-30-17-8-11-22-38(30)47(43)42(33)36/h4-25,45-46H,1-3H3. The van der Waals surface area contributed by atoms with E-state index in [2.05, 4.69) is 164 Å². The van der Waals surface area contributed by atoms with E-state index in [4.69, 9.17) is 0 Å². The smallest absolute Gasteiger partial charge is 0.198 e. The van der Waals surface area contributed by atoms with Gasteiger partial charge in [-0.1, -0.05) is 135 Å². The van der Waals surface area contributed by atoms with Gasteiger partial charge in [0.1, 0.15) is 0 Å². The SMILES string of the molecule is Cc1ccccc1Nc1c(-c2cc3ccccc3c3c2Bc2cccc4c5ccccc5n-3c24)ccc2c1C(C)(C)c1ccccc1-2. The van der Waals surface area contributed by atoms with E-state index in [-0.39, 0.29) is 5.41 Å². The van der Waals surface area contributed by atoms with Crippen LogP contribution in [0.3, 0.4) is 0 Å². The molecular formula is C44H33BN2. The lowest BCUT2D eigenvalue weighted by atomic mass is 9.58. The summed E-state index contributed by atoms with van der Waals surface area (Å²) in [6, 6.07) is 49.5. The molecule has 0 fully saturated rings. The van der Waals surface area contributed by atoms with Crippen molar-refractivity contribution in [1.29, 1.82) is 0 Å². The first-order valence-electron chi connectivity index (χ1n) is 16.7. The number of para-hydroxylation sites is 3. The number of fused-ring (bicyclic) bond motifs is 10. The Hall–Kier alpha value is -5.54. The van der Waals surface area contributed by atoms with Crippen LogP contribution in [0.25, 0.3) is 60.5 Å². The summed E-state index contributed by atoms with van der Waals surface area (Å²) < 4.78 is 2.56. The molecule has 2 nitrogen and oxygen atoms in total. The van der Waals surface area contributed by atoms with Crippen LogP contribution in [0, 0.1) is 6.92 Å². The fraction of sp³-hybridized carbons (Fsp3) is 0.0909. The highest BCUT2D eigenvalue weighted by Gasteiger charge is 2.39. The number of benzene rings is 7. The van der Waals surface area contributed by atoms with Gasteiger partial charge >= 0.3 is 0 Å². The van der Waals surface area contributed by atoms with Crippen molar-refractivity contribution in [2.45, 2.75) is 26.2 Å². The van der Waals surface area contributed by atoms with Crippen molar-refractivity contribution in [3.8, 4) is 27.9 Å². The number of nitrogens with zero attached hydrogens (tertiary/aromatic N) is 1. The highest BCUT2D eigenvalue weighted by molar-refractivity contribution is 6.74. The number of anilines is 2. The largest absolute Gasteiger partial charge is 0.355 e. The Balaban J connectivity index is 1.34. The van der Waals surface area contributed by atoms with Crippen molar-refractivity contribution in [2.75, 3.05) is 5.32 Å². The summed E-state index contributed by atoms with van der Waals surface area (Å²) in [5, 5.41) is 9.24. The molecule has 47 heavy (non-hydrogen) atoms. The molecular weight excluding hydrogens is 567 g/mol. The Bertz CT molecular complexity index is 2620. The quantitative estimate of drug-likeness (QED) is 0.200. The van der Waals surface area contributed by atoms with Gasteiger partial charge in [0.05, 0.1) is 11.2 Å². The second-order valence-electron chi connectivity index (χ2n) is 13.8. The van der Waals surface area contributed by atoms with Crippen LogP contribution >= 0.6 is 0 Å². The van der Waals surface area contributed by atoms with Gasteiger partial charge in [-0.3, -0.25) is 0 Å². The predicted molar refractivity (Wildman–Crippen MR) is 202 cm³/mol. The monoisotopic (exact) mass is 600 g/mol. The Kier molecular flexibility index (Phi) is 5.39. The molecule has 2 aliphatic rings. The van der Waals surface area contributed by atoms with Gasteiger partial charge in [0.25, 0.3) is 0 Å². The topological polar surface area (TPSA) is 17.0 Å². The minimum Gasteiger partial charge on any atom is -0.355 e. The van der Waals surface area contributed by atoms with Crippen molar-refractivity contribution in [3.05, 3.63) is 150 Å². The van der Waals surface area contributed by atoms with Gasteiger partial charge in [-0.2, -0.15) is 0 Å². The molecule has 1 aliphatic carbocycles. The summed E-state index contributed by atoms with van der Waals surface area (Å²) in [6.45, 7) is 6.97. The van der Waals surface area contributed by atoms with Gasteiger partial charge in [0.15, 0.2) is 7.28 Å². The van der Waals surface area contributed by atoms with Crippen molar-refractivity contribution in [1.82, 2.24) is 4.57 Å². The second-order valence-corrected chi connectivity index (χ2v) is 13.8. The van der Waals surface area contributed by atoms with Gasteiger partial charge < -0.3 is 9.88 Å². The molecule has 3 heteroatoms. The molecule has 0 saturated heterocycles. The molecule has 0 amide bonds. The van der Waals surface area contributed by atoms with E-state index < -0.39 is 0 Å². The van der Waals surface area contributed by atoms with Crippen LogP contribution in [0.2, 0.25) is 0 Å². The zero-order chi connectivity index (χ0) is 31.4. The van der Waals surface area contributed by atoms with Crippen molar-refractivity contribution >= 4 is 62.2 Å². The van der Waals surface area contributed by atoms with E-state index in [1.807, 2.05) is 0 Å². The van der Waals surface area contributed by atoms with Crippen molar-refractivity contribution < 1.29 is 0 Å². The van der Waals surface area contributed by atoms with E-state index in [0.29, 0.717) is 0 Å². The number of hydrogen-bond donors (Lipinski definition) is 1. The summed E-state index contributed by atoms with van der Waals surface area (Å²) in [7, 11) is 0.883. The molecule has 0 saturated carbocycles. The predicted octanol–water partition coefficient (Wildman–Crippen LogP) is 9.66. The minimum absolute atomic E-state index is 0.167. The fourth-order valence-electron chi connectivity index (χ4n) is 8.78. The van der Waals surface area contributed by atoms with Crippen LogP contribution in [-0.2, 0) is 5.41 Å². The van der Waals surface area contributed by atoms with Crippen LogP contribution in [0.1, 0.15) is 30.5 Å². The lowest BCUT2D eigenvalue weighted by Gasteiger charge is -2.29. The molecule has 8 aromatic rings. The van der Waals surface area contributed by atoms with E-state index in [1.54, 1.807) is 0 Å². The third-order valence-electron chi connectivity index (χ3n) is 10.9. The zero-order valence-corrected chi connectivity index (χ0v) is 26.9. The first kappa shape index (κ1) is 26.7. The zero-order valence-electron chi connectivity index (χ0n) is 26.9. The molecule has 0 unspecified atom stereocenters. The first-order valence-corrected chi connectivity index (χ1v) is 16.7. The van der Waals surface area contributed by atoms with Gasteiger partial charge in [-0.15, -0.1) is 0 Å². The lowest BCUT2D eigenvalue weighted by molar-refractivity contribution is 0.662. The van der Waals surface area contributed by atoms with E-state index >= 15 is 0 Å². The number of aromatic nitrogens is 1. The van der Waals surface area contributed by atoms with Crippen LogP contribution in [0.4, 0.5) is 11.4 Å². The lowest BCUT2D eigenvalue weighted by Crippen LogP contribution is -2.37. The molecule has 0 radical (unpaired) electrons. The van der Waals surface area contributed by atoms with Crippen LogP contribution < -0.4 is 16.2 Å². The molecule has 2 heterocycles. The number of aryl methyl sites for hydroxylation is 1. The van der Waals surface area contributed by atoms with Gasteiger partial charge in [0.2, 0.25) is 0 Å². The van der Waals surface area contributed by atoms with Crippen LogP contribution in [0.5, 0.6) is 0 Å². The average molecular weight is 601 g/mol. The van der Waals surface area contributed by atoms with Gasteiger partial charge in [-0.25, -0.2) is 0 Å². The molecule has 1 N–H and O–H groups in total. The van der Waals surface area contributed by atoms with Crippen molar-refractivity contribution in [3.63, 3.8) is 0 Å². The van der Waals surface area contributed by atoms with E-state index in [1.165, 1.54) is 93.8 Å². The Labute approximate surface area is 275 Å². The second kappa shape index (κ2) is 9.50. The first-order chi connectivity index (χ1) is 23.0.